The van der Waals surface area contributed by atoms with Crippen molar-refractivity contribution in [3.05, 3.63) is 107 Å². The van der Waals surface area contributed by atoms with Crippen LogP contribution in [0.2, 0.25) is 0 Å². The van der Waals surface area contributed by atoms with Crippen LogP contribution in [0.25, 0.3) is 17.0 Å². The number of fused-ring (bicyclic) bond motifs is 1. The van der Waals surface area contributed by atoms with E-state index in [2.05, 4.69) is 5.32 Å². The number of amides is 3. The zero-order chi connectivity index (χ0) is 25.2. The lowest BCUT2D eigenvalue weighted by molar-refractivity contribution is -0.127. The number of thioether (sulfide) groups is 1. The first-order valence-electron chi connectivity index (χ1n) is 11.0. The summed E-state index contributed by atoms with van der Waals surface area (Å²) >= 11 is 0.758. The third-order valence-electron chi connectivity index (χ3n) is 5.66. The molecule has 1 aromatic heterocycles. The number of carbonyl (C=O) groups is 3. The van der Waals surface area contributed by atoms with E-state index in [1.54, 1.807) is 18.2 Å². The van der Waals surface area contributed by atoms with Crippen LogP contribution in [-0.4, -0.2) is 33.1 Å². The minimum atomic E-state index is -0.611. The SMILES string of the molecule is O=C(CN1C(=O)S/C(=C/c2cn(Cc3ccc(F)cc3)c3ccccc23)C1=O)Nc1cccc(F)c1. The molecule has 1 aliphatic heterocycles. The molecule has 4 aromatic rings. The molecule has 3 amide bonds. The molecule has 36 heavy (non-hydrogen) atoms. The van der Waals surface area contributed by atoms with Crippen LogP contribution in [0.15, 0.2) is 83.9 Å². The Morgan fingerprint density at radius 3 is 2.50 bits per heavy atom. The van der Waals surface area contributed by atoms with Gasteiger partial charge in [0, 0.05) is 34.9 Å². The fourth-order valence-electron chi connectivity index (χ4n) is 4.00. The standard InChI is InChI=1S/C27H19F2N3O3S/c28-19-10-8-17(9-11-19)14-31-15-18(22-6-1-2-7-23(22)31)12-24-26(34)32(27(35)36-24)16-25(33)30-21-5-3-4-20(29)13-21/h1-13,15H,14,16H2,(H,30,33)/b24-12+. The van der Waals surface area contributed by atoms with Gasteiger partial charge in [0.15, 0.2) is 0 Å². The van der Waals surface area contributed by atoms with E-state index < -0.39 is 29.4 Å². The summed E-state index contributed by atoms with van der Waals surface area (Å²) in [6.07, 6.45) is 3.51. The number of anilines is 1. The van der Waals surface area contributed by atoms with Gasteiger partial charge < -0.3 is 9.88 Å². The summed E-state index contributed by atoms with van der Waals surface area (Å²) in [6, 6.07) is 19.2. The number of imide groups is 1. The number of para-hydroxylation sites is 1. The molecule has 180 valence electrons. The normalized spacial score (nSPS) is 14.7. The zero-order valence-electron chi connectivity index (χ0n) is 18.8. The van der Waals surface area contributed by atoms with Gasteiger partial charge in [0.25, 0.3) is 11.1 Å². The number of halogens is 2. The highest BCUT2D eigenvalue weighted by Gasteiger charge is 2.36. The number of rotatable bonds is 6. The summed E-state index contributed by atoms with van der Waals surface area (Å²) in [6.45, 7) is 0.0151. The Kier molecular flexibility index (Phi) is 6.39. The average molecular weight is 504 g/mol. The summed E-state index contributed by atoms with van der Waals surface area (Å²) in [5.74, 6) is -2.01. The molecule has 0 saturated carbocycles. The van der Waals surface area contributed by atoms with E-state index in [4.69, 9.17) is 0 Å². The first-order chi connectivity index (χ1) is 17.4. The summed E-state index contributed by atoms with van der Waals surface area (Å²) in [4.78, 5) is 38.9. The van der Waals surface area contributed by atoms with Gasteiger partial charge >= 0.3 is 0 Å². The van der Waals surface area contributed by atoms with Gasteiger partial charge in [0.05, 0.1) is 4.91 Å². The Morgan fingerprint density at radius 1 is 0.944 bits per heavy atom. The Morgan fingerprint density at radius 2 is 1.72 bits per heavy atom. The minimum Gasteiger partial charge on any atom is -0.342 e. The van der Waals surface area contributed by atoms with Crippen molar-refractivity contribution in [2.75, 3.05) is 11.9 Å². The van der Waals surface area contributed by atoms with Crippen LogP contribution < -0.4 is 5.32 Å². The van der Waals surface area contributed by atoms with Crippen molar-refractivity contribution in [2.24, 2.45) is 0 Å². The van der Waals surface area contributed by atoms with E-state index >= 15 is 0 Å². The smallest absolute Gasteiger partial charge is 0.294 e. The molecule has 1 N–H and O–H groups in total. The van der Waals surface area contributed by atoms with Crippen LogP contribution in [0, 0.1) is 11.6 Å². The zero-order valence-corrected chi connectivity index (χ0v) is 19.6. The fourth-order valence-corrected chi connectivity index (χ4v) is 4.82. The molecular formula is C27H19F2N3O3S. The second-order valence-electron chi connectivity index (χ2n) is 8.18. The molecule has 0 radical (unpaired) electrons. The van der Waals surface area contributed by atoms with E-state index in [9.17, 15) is 23.2 Å². The summed E-state index contributed by atoms with van der Waals surface area (Å²) in [5.41, 5.74) is 2.80. The molecular weight excluding hydrogens is 484 g/mol. The molecule has 3 aromatic carbocycles. The molecule has 0 unspecified atom stereocenters. The molecule has 5 rings (SSSR count). The van der Waals surface area contributed by atoms with Crippen LogP contribution in [0.1, 0.15) is 11.1 Å². The fraction of sp³-hybridized carbons (Fsp3) is 0.0741. The van der Waals surface area contributed by atoms with Gasteiger partial charge in [-0.3, -0.25) is 19.3 Å². The van der Waals surface area contributed by atoms with Crippen molar-refractivity contribution in [3.63, 3.8) is 0 Å². The van der Waals surface area contributed by atoms with Crippen molar-refractivity contribution >= 4 is 51.5 Å². The first-order valence-corrected chi connectivity index (χ1v) is 11.8. The van der Waals surface area contributed by atoms with Crippen molar-refractivity contribution < 1.29 is 23.2 Å². The molecule has 0 aliphatic carbocycles. The van der Waals surface area contributed by atoms with E-state index in [0.717, 1.165) is 44.8 Å². The van der Waals surface area contributed by atoms with E-state index in [1.165, 1.54) is 30.3 Å². The van der Waals surface area contributed by atoms with Crippen LogP contribution in [0.4, 0.5) is 19.3 Å². The van der Waals surface area contributed by atoms with Crippen molar-refractivity contribution in [3.8, 4) is 0 Å². The highest BCUT2D eigenvalue weighted by atomic mass is 32.2. The summed E-state index contributed by atoms with van der Waals surface area (Å²) < 4.78 is 28.6. The molecule has 6 nitrogen and oxygen atoms in total. The lowest BCUT2D eigenvalue weighted by Gasteiger charge is -2.12. The monoisotopic (exact) mass is 503 g/mol. The van der Waals surface area contributed by atoms with Gasteiger partial charge in [-0.25, -0.2) is 8.78 Å². The van der Waals surface area contributed by atoms with Gasteiger partial charge in [-0.1, -0.05) is 36.4 Å². The average Bonchev–Trinajstić information content (AvgIpc) is 3.32. The number of aromatic nitrogens is 1. The second kappa shape index (κ2) is 9.79. The minimum absolute atomic E-state index is 0.197. The predicted molar refractivity (Wildman–Crippen MR) is 135 cm³/mol. The summed E-state index contributed by atoms with van der Waals surface area (Å²) in [7, 11) is 0. The van der Waals surface area contributed by atoms with Gasteiger partial charge in [0.2, 0.25) is 5.91 Å². The summed E-state index contributed by atoms with van der Waals surface area (Å²) in [5, 5.41) is 2.81. The molecule has 1 fully saturated rings. The van der Waals surface area contributed by atoms with Crippen molar-refractivity contribution in [2.45, 2.75) is 6.54 Å². The van der Waals surface area contributed by atoms with Crippen molar-refractivity contribution in [1.82, 2.24) is 9.47 Å². The Labute approximate surface area is 209 Å². The van der Waals surface area contributed by atoms with Crippen LogP contribution in [-0.2, 0) is 16.1 Å². The van der Waals surface area contributed by atoms with Crippen molar-refractivity contribution in [1.29, 1.82) is 0 Å². The molecule has 0 bridgehead atoms. The topological polar surface area (TPSA) is 71.4 Å². The number of benzene rings is 3. The van der Waals surface area contributed by atoms with Gasteiger partial charge in [-0.15, -0.1) is 0 Å². The highest BCUT2D eigenvalue weighted by Crippen LogP contribution is 2.34. The van der Waals surface area contributed by atoms with Gasteiger partial charge in [0.1, 0.15) is 18.2 Å². The second-order valence-corrected chi connectivity index (χ2v) is 9.18. The molecule has 0 atom stereocenters. The number of hydrogen-bond donors (Lipinski definition) is 1. The van der Waals surface area contributed by atoms with E-state index in [0.29, 0.717) is 6.54 Å². The maximum atomic E-state index is 13.4. The predicted octanol–water partition coefficient (Wildman–Crippen LogP) is 5.64. The third-order valence-corrected chi connectivity index (χ3v) is 6.56. The highest BCUT2D eigenvalue weighted by molar-refractivity contribution is 8.18. The molecule has 2 heterocycles. The number of nitrogens with one attached hydrogen (secondary N) is 1. The molecule has 0 spiro atoms. The van der Waals surface area contributed by atoms with E-state index in [1.807, 2.05) is 35.0 Å². The number of nitrogens with zero attached hydrogens (tertiary/aromatic N) is 2. The van der Waals surface area contributed by atoms with Crippen LogP contribution in [0.5, 0.6) is 0 Å². The Balaban J connectivity index is 1.37. The molecule has 1 aliphatic rings. The Bertz CT molecular complexity index is 1530. The maximum Gasteiger partial charge on any atom is 0.294 e. The van der Waals surface area contributed by atoms with E-state index in [-0.39, 0.29) is 16.4 Å². The third kappa shape index (κ3) is 4.92. The van der Waals surface area contributed by atoms with Gasteiger partial charge in [-0.2, -0.15) is 0 Å². The first kappa shape index (κ1) is 23.5. The van der Waals surface area contributed by atoms with Crippen LogP contribution >= 0.6 is 11.8 Å². The van der Waals surface area contributed by atoms with Gasteiger partial charge in [-0.05, 0) is 59.8 Å². The Hall–Kier alpha value is -4.24. The molecule has 1 saturated heterocycles. The number of hydrogen-bond acceptors (Lipinski definition) is 4. The lowest BCUT2D eigenvalue weighted by Crippen LogP contribution is -2.36. The van der Waals surface area contributed by atoms with Crippen LogP contribution in [0.3, 0.4) is 0 Å². The largest absolute Gasteiger partial charge is 0.342 e. The quantitative estimate of drug-likeness (QED) is 0.346. The lowest BCUT2D eigenvalue weighted by atomic mass is 10.1. The number of carbonyl (C=O) groups excluding carboxylic acids is 3. The molecule has 9 heteroatoms. The maximum absolute atomic E-state index is 13.4.